The fourth-order valence-electron chi connectivity index (χ4n) is 4.31. The lowest BCUT2D eigenvalue weighted by molar-refractivity contribution is -0.117. The van der Waals surface area contributed by atoms with Crippen LogP contribution in [0.25, 0.3) is 0 Å². The van der Waals surface area contributed by atoms with Crippen molar-refractivity contribution in [1.29, 1.82) is 0 Å². The number of benzene rings is 1. The molecule has 1 aliphatic heterocycles. The van der Waals surface area contributed by atoms with Gasteiger partial charge in [-0.2, -0.15) is 0 Å². The Morgan fingerprint density at radius 2 is 1.96 bits per heavy atom. The molecule has 2 amide bonds. The topological polar surface area (TPSA) is 101 Å². The minimum Gasteiger partial charge on any atom is -0.364 e. The van der Waals surface area contributed by atoms with E-state index >= 15 is 0 Å². The number of amides is 2. The zero-order valence-electron chi connectivity index (χ0n) is 15.7. The minimum atomic E-state index is -0.692. The molecule has 0 saturated heterocycles. The zero-order chi connectivity index (χ0) is 20.0. The van der Waals surface area contributed by atoms with Crippen LogP contribution in [0, 0.1) is 17.7 Å². The molecule has 1 aromatic carbocycles. The van der Waals surface area contributed by atoms with E-state index in [2.05, 4.69) is 15.3 Å². The highest BCUT2D eigenvalue weighted by atomic mass is 19.1. The third kappa shape index (κ3) is 3.08. The van der Waals surface area contributed by atoms with Crippen molar-refractivity contribution in [2.75, 3.05) is 10.2 Å². The predicted molar refractivity (Wildman–Crippen MR) is 102 cm³/mol. The molecule has 7 nitrogen and oxygen atoms in total. The molecule has 0 bridgehead atoms. The average molecular weight is 383 g/mol. The Balaban J connectivity index is 1.82. The van der Waals surface area contributed by atoms with E-state index in [9.17, 15) is 14.0 Å². The Morgan fingerprint density at radius 1 is 1.25 bits per heavy atom. The highest BCUT2D eigenvalue weighted by Gasteiger charge is 2.47. The van der Waals surface area contributed by atoms with E-state index in [1.165, 1.54) is 31.5 Å². The lowest BCUT2D eigenvalue weighted by Gasteiger charge is -2.45. The van der Waals surface area contributed by atoms with E-state index in [1.807, 2.05) is 6.92 Å². The van der Waals surface area contributed by atoms with Crippen LogP contribution in [0.1, 0.15) is 48.8 Å². The second-order valence-electron chi connectivity index (χ2n) is 7.52. The van der Waals surface area contributed by atoms with Crippen molar-refractivity contribution in [2.45, 2.75) is 38.8 Å². The van der Waals surface area contributed by atoms with Gasteiger partial charge in [0, 0.05) is 42.5 Å². The molecule has 0 spiro atoms. The van der Waals surface area contributed by atoms with Crippen molar-refractivity contribution in [1.82, 2.24) is 9.97 Å². The Bertz CT molecular complexity index is 946. The molecule has 1 aliphatic carbocycles. The molecule has 2 aliphatic rings. The number of primary amides is 1. The third-order valence-electron chi connectivity index (χ3n) is 5.61. The molecular weight excluding hydrogens is 361 g/mol. The summed E-state index contributed by atoms with van der Waals surface area (Å²) in [5.74, 6) is -0.518. The first-order valence-corrected chi connectivity index (χ1v) is 9.35. The summed E-state index contributed by atoms with van der Waals surface area (Å²) in [6.07, 6.45) is 4.97. The van der Waals surface area contributed by atoms with E-state index in [0.29, 0.717) is 17.2 Å². The summed E-state index contributed by atoms with van der Waals surface area (Å²) in [6, 6.07) is 4.09. The first kappa shape index (κ1) is 18.3. The van der Waals surface area contributed by atoms with Gasteiger partial charge in [-0.05, 0) is 37.0 Å². The molecule has 2 aromatic rings. The molecule has 1 fully saturated rings. The van der Waals surface area contributed by atoms with Crippen LogP contribution in [0.4, 0.5) is 15.9 Å². The Hall–Kier alpha value is -3.03. The second kappa shape index (κ2) is 6.85. The lowest BCUT2D eigenvalue weighted by atomic mass is 9.80. The molecule has 4 rings (SSSR count). The molecule has 0 radical (unpaired) electrons. The summed E-state index contributed by atoms with van der Waals surface area (Å²) >= 11 is 0. The smallest absolute Gasteiger partial charge is 0.271 e. The molecule has 146 valence electrons. The summed E-state index contributed by atoms with van der Waals surface area (Å²) < 4.78 is 14.1. The number of hydrogen-bond donors (Lipinski definition) is 2. The van der Waals surface area contributed by atoms with Gasteiger partial charge in [-0.25, -0.2) is 14.4 Å². The van der Waals surface area contributed by atoms with Crippen LogP contribution in [0.5, 0.6) is 0 Å². The van der Waals surface area contributed by atoms with E-state index in [4.69, 9.17) is 5.73 Å². The molecule has 1 aromatic heterocycles. The number of carbonyl (C=O) groups excluding carboxylic acids is 2. The molecular formula is C20H22FN5O2. The number of nitrogens with zero attached hydrogens (tertiary/aromatic N) is 3. The van der Waals surface area contributed by atoms with Crippen molar-refractivity contribution in [3.8, 4) is 0 Å². The van der Waals surface area contributed by atoms with Gasteiger partial charge in [-0.15, -0.1) is 0 Å². The lowest BCUT2D eigenvalue weighted by Crippen LogP contribution is -2.51. The number of fused-ring (bicyclic) bond motifs is 1. The highest BCUT2D eigenvalue weighted by molar-refractivity contribution is 5.96. The van der Waals surface area contributed by atoms with Crippen LogP contribution >= 0.6 is 0 Å². The van der Waals surface area contributed by atoms with Gasteiger partial charge in [0.1, 0.15) is 5.82 Å². The van der Waals surface area contributed by atoms with Crippen molar-refractivity contribution in [3.05, 3.63) is 47.7 Å². The third-order valence-corrected chi connectivity index (χ3v) is 5.61. The zero-order valence-corrected chi connectivity index (χ0v) is 15.7. The van der Waals surface area contributed by atoms with Crippen LogP contribution in [0.2, 0.25) is 0 Å². The van der Waals surface area contributed by atoms with Gasteiger partial charge < -0.3 is 16.0 Å². The first-order valence-electron chi connectivity index (χ1n) is 9.35. The van der Waals surface area contributed by atoms with Gasteiger partial charge in [-0.1, -0.05) is 6.92 Å². The second-order valence-corrected chi connectivity index (χ2v) is 7.52. The summed E-state index contributed by atoms with van der Waals surface area (Å²) in [7, 11) is 0. The summed E-state index contributed by atoms with van der Waals surface area (Å²) in [5, 5.41) is 3.26. The van der Waals surface area contributed by atoms with Gasteiger partial charge in [0.25, 0.3) is 5.91 Å². The fraction of sp³-hybridized carbons (Fsp3) is 0.400. The van der Waals surface area contributed by atoms with E-state index in [1.54, 1.807) is 11.0 Å². The Labute approximate surface area is 162 Å². The predicted octanol–water partition coefficient (Wildman–Crippen LogP) is 2.65. The first-order chi connectivity index (χ1) is 13.4. The number of rotatable bonds is 4. The highest BCUT2D eigenvalue weighted by Crippen LogP contribution is 2.50. The van der Waals surface area contributed by atoms with Gasteiger partial charge in [0.15, 0.2) is 11.5 Å². The van der Waals surface area contributed by atoms with Crippen LogP contribution in [0.15, 0.2) is 30.6 Å². The van der Waals surface area contributed by atoms with Crippen LogP contribution in [-0.2, 0) is 4.79 Å². The number of carbonyl (C=O) groups is 2. The van der Waals surface area contributed by atoms with Gasteiger partial charge in [0.2, 0.25) is 5.91 Å². The molecule has 3 unspecified atom stereocenters. The Kier molecular flexibility index (Phi) is 4.49. The molecule has 8 heteroatoms. The van der Waals surface area contributed by atoms with Crippen LogP contribution in [0.3, 0.4) is 0 Å². The molecule has 28 heavy (non-hydrogen) atoms. The fourth-order valence-corrected chi connectivity index (χ4v) is 4.31. The maximum absolute atomic E-state index is 14.1. The molecule has 3 atom stereocenters. The summed E-state index contributed by atoms with van der Waals surface area (Å²) in [6.45, 7) is 3.57. The minimum absolute atomic E-state index is 0.0124. The van der Waals surface area contributed by atoms with Crippen molar-refractivity contribution in [2.24, 2.45) is 17.6 Å². The Morgan fingerprint density at radius 3 is 2.61 bits per heavy atom. The maximum Gasteiger partial charge on any atom is 0.271 e. The standard InChI is InChI=1S/C20H22FN5O2/c1-10-16(25-20-17(19(22)28)23-7-8-24-20)14-9-13(21)5-6-15(14)26(11(2)27)18(10)12-3-4-12/h5-10,12,16,18H,3-4H2,1-2H3,(H2,22,28)(H,24,25). The van der Waals surface area contributed by atoms with Crippen molar-refractivity contribution >= 4 is 23.3 Å². The monoisotopic (exact) mass is 383 g/mol. The molecule has 1 saturated carbocycles. The quantitative estimate of drug-likeness (QED) is 0.845. The van der Waals surface area contributed by atoms with E-state index < -0.39 is 5.91 Å². The SMILES string of the molecule is CC(=O)N1c2ccc(F)cc2C(Nc2nccnc2C(N)=O)C(C)C1C1CC1. The van der Waals surface area contributed by atoms with Crippen LogP contribution in [-0.4, -0.2) is 27.8 Å². The number of anilines is 2. The van der Waals surface area contributed by atoms with E-state index in [0.717, 1.165) is 12.8 Å². The van der Waals surface area contributed by atoms with Crippen LogP contribution < -0.4 is 16.0 Å². The largest absolute Gasteiger partial charge is 0.364 e. The normalized spacial score (nSPS) is 23.8. The maximum atomic E-state index is 14.1. The van der Waals surface area contributed by atoms with E-state index in [-0.39, 0.29) is 41.2 Å². The summed E-state index contributed by atoms with van der Waals surface area (Å²) in [4.78, 5) is 34.2. The van der Waals surface area contributed by atoms with Gasteiger partial charge in [0.05, 0.1) is 6.04 Å². The number of nitrogens with one attached hydrogen (secondary N) is 1. The average Bonchev–Trinajstić information content (AvgIpc) is 3.48. The van der Waals surface area contributed by atoms with Gasteiger partial charge in [-0.3, -0.25) is 9.59 Å². The molecule has 2 heterocycles. The summed E-state index contributed by atoms with van der Waals surface area (Å²) in [5.41, 5.74) is 6.80. The number of hydrogen-bond acceptors (Lipinski definition) is 5. The van der Waals surface area contributed by atoms with Gasteiger partial charge >= 0.3 is 0 Å². The molecule has 3 N–H and O–H groups in total. The van der Waals surface area contributed by atoms with Crippen molar-refractivity contribution < 1.29 is 14.0 Å². The van der Waals surface area contributed by atoms with Crippen molar-refractivity contribution in [3.63, 3.8) is 0 Å². The number of nitrogens with two attached hydrogens (primary N) is 1. The number of halogens is 1. The number of aromatic nitrogens is 2.